The maximum atomic E-state index is 12.4. The largest absolute Gasteiger partial charge is 0.460 e. The van der Waals surface area contributed by atoms with Crippen molar-refractivity contribution in [1.29, 1.82) is 0 Å². The first kappa shape index (κ1) is 20.9. The van der Waals surface area contributed by atoms with E-state index in [0.29, 0.717) is 10.7 Å². The van der Waals surface area contributed by atoms with Crippen LogP contribution in [-0.4, -0.2) is 26.3 Å². The molecule has 0 radical (unpaired) electrons. The molecule has 0 bridgehead atoms. The monoisotopic (exact) mass is 410 g/mol. The number of anilines is 1. The van der Waals surface area contributed by atoms with E-state index in [1.165, 1.54) is 38.1 Å². The molecule has 2 aromatic rings. The second-order valence-corrected chi connectivity index (χ2v) is 7.93. The molecule has 0 saturated carbocycles. The van der Waals surface area contributed by atoms with Gasteiger partial charge in [-0.15, -0.1) is 0 Å². The summed E-state index contributed by atoms with van der Waals surface area (Å²) in [6.07, 6.45) is 0. The molecule has 1 amide bonds. The summed E-state index contributed by atoms with van der Waals surface area (Å²) >= 11 is 5.79. The predicted octanol–water partition coefficient (Wildman–Crippen LogP) is 2.71. The van der Waals surface area contributed by atoms with Crippen molar-refractivity contribution in [3.63, 3.8) is 0 Å². The van der Waals surface area contributed by atoms with E-state index < -0.39 is 22.0 Å². The Bertz CT molecular complexity index is 912. The summed E-state index contributed by atoms with van der Waals surface area (Å²) in [5.41, 5.74) is 1.20. The van der Waals surface area contributed by atoms with Gasteiger partial charge in [-0.25, -0.2) is 8.42 Å². The molecule has 0 aliphatic carbocycles. The van der Waals surface area contributed by atoms with E-state index in [1.54, 1.807) is 24.3 Å². The highest BCUT2D eigenvalue weighted by Gasteiger charge is 2.23. The number of amides is 1. The van der Waals surface area contributed by atoms with Crippen LogP contribution in [0.15, 0.2) is 53.4 Å². The van der Waals surface area contributed by atoms with E-state index in [9.17, 15) is 18.0 Å². The zero-order valence-electron chi connectivity index (χ0n) is 14.7. The third-order valence-electron chi connectivity index (χ3n) is 3.46. The van der Waals surface area contributed by atoms with Crippen LogP contribution in [0.3, 0.4) is 0 Å². The number of hydrogen-bond acceptors (Lipinski definition) is 5. The number of carbonyl (C=O) groups is 2. The second kappa shape index (κ2) is 8.98. The highest BCUT2D eigenvalue weighted by Crippen LogP contribution is 2.15. The Morgan fingerprint density at radius 2 is 1.67 bits per heavy atom. The van der Waals surface area contributed by atoms with Crippen molar-refractivity contribution < 1.29 is 22.7 Å². The molecule has 0 aliphatic rings. The Labute approximate surface area is 162 Å². The zero-order valence-corrected chi connectivity index (χ0v) is 16.3. The lowest BCUT2D eigenvalue weighted by Gasteiger charge is -2.14. The van der Waals surface area contributed by atoms with Gasteiger partial charge in [0.2, 0.25) is 15.9 Å². The van der Waals surface area contributed by atoms with E-state index in [2.05, 4.69) is 10.0 Å². The average Bonchev–Trinajstić information content (AvgIpc) is 2.60. The van der Waals surface area contributed by atoms with Crippen molar-refractivity contribution in [1.82, 2.24) is 4.72 Å². The predicted molar refractivity (Wildman–Crippen MR) is 102 cm³/mol. The van der Waals surface area contributed by atoms with Gasteiger partial charge in [0, 0.05) is 17.6 Å². The van der Waals surface area contributed by atoms with Crippen molar-refractivity contribution in [3.8, 4) is 0 Å². The summed E-state index contributed by atoms with van der Waals surface area (Å²) in [5, 5.41) is 3.11. The highest BCUT2D eigenvalue weighted by atomic mass is 35.5. The molecule has 2 N–H and O–H groups in total. The summed E-state index contributed by atoms with van der Waals surface area (Å²) in [4.78, 5) is 23.0. The number of hydrogen-bond donors (Lipinski definition) is 2. The summed E-state index contributed by atoms with van der Waals surface area (Å²) in [6, 6.07) is 11.3. The molecule has 27 heavy (non-hydrogen) atoms. The maximum Gasteiger partial charge on any atom is 0.324 e. The number of sulfonamides is 1. The topological polar surface area (TPSA) is 102 Å². The summed E-state index contributed by atoms with van der Waals surface area (Å²) < 4.78 is 32.1. The van der Waals surface area contributed by atoms with Crippen molar-refractivity contribution in [2.24, 2.45) is 0 Å². The SMILES string of the molecule is CC(=O)Nc1ccc(S(=O)(=O)N[C@@H](C)C(=O)OCc2ccc(Cl)cc2)cc1. The van der Waals surface area contributed by atoms with Gasteiger partial charge in [-0.3, -0.25) is 9.59 Å². The molecule has 0 aliphatic heterocycles. The van der Waals surface area contributed by atoms with Crippen LogP contribution in [0.25, 0.3) is 0 Å². The Morgan fingerprint density at radius 3 is 2.22 bits per heavy atom. The first-order valence-corrected chi connectivity index (χ1v) is 9.84. The van der Waals surface area contributed by atoms with Crippen LogP contribution in [0.4, 0.5) is 5.69 Å². The summed E-state index contributed by atoms with van der Waals surface area (Å²) in [5.74, 6) is -0.968. The number of rotatable bonds is 7. The number of carbonyl (C=O) groups excluding carboxylic acids is 2. The van der Waals surface area contributed by atoms with Gasteiger partial charge in [-0.1, -0.05) is 23.7 Å². The smallest absolute Gasteiger partial charge is 0.324 e. The minimum absolute atomic E-state index is 0.00742. The third-order valence-corrected chi connectivity index (χ3v) is 5.27. The van der Waals surface area contributed by atoms with E-state index in [-0.39, 0.29) is 17.4 Å². The zero-order chi connectivity index (χ0) is 20.0. The Hall–Kier alpha value is -2.42. The Kier molecular flexibility index (Phi) is 6.95. The molecule has 144 valence electrons. The van der Waals surface area contributed by atoms with Crippen LogP contribution < -0.4 is 10.0 Å². The van der Waals surface area contributed by atoms with Crippen LogP contribution >= 0.6 is 11.6 Å². The molecule has 0 heterocycles. The number of benzene rings is 2. The number of halogens is 1. The van der Waals surface area contributed by atoms with Gasteiger partial charge in [0.25, 0.3) is 0 Å². The standard InChI is InChI=1S/C18H19ClN2O5S/c1-12(18(23)26-11-14-3-5-15(19)6-4-14)21-27(24,25)17-9-7-16(8-10-17)20-13(2)22/h3-10,12,21H,11H2,1-2H3,(H,20,22)/t12-/m0/s1. The molecule has 0 spiro atoms. The maximum absolute atomic E-state index is 12.4. The van der Waals surface area contributed by atoms with Crippen LogP contribution in [0, 0.1) is 0 Å². The minimum atomic E-state index is -3.92. The van der Waals surface area contributed by atoms with Crippen LogP contribution in [0.1, 0.15) is 19.4 Å². The highest BCUT2D eigenvalue weighted by molar-refractivity contribution is 7.89. The van der Waals surface area contributed by atoms with Gasteiger partial charge in [-0.05, 0) is 48.9 Å². The van der Waals surface area contributed by atoms with Crippen LogP contribution in [0.2, 0.25) is 5.02 Å². The number of ether oxygens (including phenoxy) is 1. The van der Waals surface area contributed by atoms with Crippen LogP contribution in [-0.2, 0) is 31.0 Å². The van der Waals surface area contributed by atoms with Gasteiger partial charge >= 0.3 is 5.97 Å². The molecule has 0 aromatic heterocycles. The van der Waals surface area contributed by atoms with Gasteiger partial charge in [0.1, 0.15) is 12.6 Å². The normalized spacial score (nSPS) is 12.3. The molecule has 0 saturated heterocycles. The van der Waals surface area contributed by atoms with Gasteiger partial charge in [-0.2, -0.15) is 4.72 Å². The number of esters is 1. The van der Waals surface area contributed by atoms with Crippen molar-refractivity contribution in [2.45, 2.75) is 31.4 Å². The summed E-state index contributed by atoms with van der Waals surface area (Å²) in [7, 11) is -3.92. The fourth-order valence-electron chi connectivity index (χ4n) is 2.13. The molecular weight excluding hydrogens is 392 g/mol. The quantitative estimate of drug-likeness (QED) is 0.683. The molecule has 1 atom stereocenters. The van der Waals surface area contributed by atoms with Crippen molar-refractivity contribution in [3.05, 3.63) is 59.1 Å². The molecule has 0 fully saturated rings. The Balaban J connectivity index is 1.95. The fraction of sp³-hybridized carbons (Fsp3) is 0.222. The average molecular weight is 411 g/mol. The molecule has 9 heteroatoms. The molecular formula is C18H19ClN2O5S. The van der Waals surface area contributed by atoms with Gasteiger partial charge in [0.15, 0.2) is 0 Å². The van der Waals surface area contributed by atoms with Gasteiger partial charge in [0.05, 0.1) is 4.90 Å². The third kappa shape index (κ3) is 6.35. The van der Waals surface area contributed by atoms with E-state index in [1.807, 2.05) is 0 Å². The van der Waals surface area contributed by atoms with Crippen LogP contribution in [0.5, 0.6) is 0 Å². The van der Waals surface area contributed by atoms with Gasteiger partial charge < -0.3 is 10.1 Å². The van der Waals surface area contributed by atoms with E-state index in [4.69, 9.17) is 16.3 Å². The second-order valence-electron chi connectivity index (χ2n) is 5.78. The Morgan fingerprint density at radius 1 is 1.07 bits per heavy atom. The van der Waals surface area contributed by atoms with Crippen molar-refractivity contribution >= 4 is 39.2 Å². The van der Waals surface area contributed by atoms with E-state index >= 15 is 0 Å². The lowest BCUT2D eigenvalue weighted by atomic mass is 10.2. The first-order chi connectivity index (χ1) is 12.7. The summed E-state index contributed by atoms with van der Waals surface area (Å²) in [6.45, 7) is 2.75. The fourth-order valence-corrected chi connectivity index (χ4v) is 3.45. The lowest BCUT2D eigenvalue weighted by molar-refractivity contribution is -0.146. The molecule has 0 unspecified atom stereocenters. The lowest BCUT2D eigenvalue weighted by Crippen LogP contribution is -2.39. The van der Waals surface area contributed by atoms with E-state index in [0.717, 1.165) is 5.56 Å². The molecule has 2 rings (SSSR count). The minimum Gasteiger partial charge on any atom is -0.460 e. The van der Waals surface area contributed by atoms with Crippen molar-refractivity contribution in [2.75, 3.05) is 5.32 Å². The molecule has 2 aromatic carbocycles. The number of nitrogens with one attached hydrogen (secondary N) is 2. The first-order valence-electron chi connectivity index (χ1n) is 7.98. The molecule has 7 nitrogen and oxygen atoms in total.